The Morgan fingerprint density at radius 1 is 1.03 bits per heavy atom. The molecule has 2 aliphatic rings. The number of methoxy groups -OCH3 is 1. The number of guanidine groups is 1. The van der Waals surface area contributed by atoms with E-state index in [1.165, 1.54) is 32.5 Å². The molecule has 6 rings (SSSR count). The number of nitrogens with zero attached hydrogens (tertiary/aromatic N) is 3. The van der Waals surface area contributed by atoms with E-state index in [2.05, 4.69) is 20.3 Å². The molecule has 0 spiro atoms. The molecule has 6 atom stereocenters. The Hall–Kier alpha value is -5.89. The first kappa shape index (κ1) is 42.7. The van der Waals surface area contributed by atoms with Crippen LogP contribution in [0.3, 0.4) is 0 Å². The van der Waals surface area contributed by atoms with Crippen LogP contribution in [0.15, 0.2) is 59.9 Å². The largest absolute Gasteiger partial charge is 0.507 e. The molecule has 0 unspecified atom stereocenters. The number of phenols is 1. The van der Waals surface area contributed by atoms with E-state index in [-0.39, 0.29) is 89.4 Å². The molecule has 1 fully saturated rings. The number of nitrogens with one attached hydrogen (secondary N) is 1. The van der Waals surface area contributed by atoms with Gasteiger partial charge in [0.1, 0.15) is 52.8 Å². The summed E-state index contributed by atoms with van der Waals surface area (Å²) in [6.45, 7) is -0.964. The van der Waals surface area contributed by atoms with Crippen molar-refractivity contribution in [1.82, 2.24) is 15.3 Å². The Morgan fingerprint density at radius 3 is 2.46 bits per heavy atom. The van der Waals surface area contributed by atoms with Crippen LogP contribution < -0.4 is 32.0 Å². The molecule has 0 amide bonds. The van der Waals surface area contributed by atoms with E-state index in [4.69, 9.17) is 31.4 Å². The molecular formula is C41H49N7O11. The molecule has 4 aromatic rings. The van der Waals surface area contributed by atoms with Gasteiger partial charge in [0.05, 0.1) is 24.8 Å². The third-order valence-electron chi connectivity index (χ3n) is 10.9. The number of phenolic OH excluding ortho intramolecular Hbond substituents is 1. The third-order valence-corrected chi connectivity index (χ3v) is 10.9. The fraction of sp³-hybridized carbons (Fsp3) is 0.390. The number of aromatic nitrogens is 2. The van der Waals surface area contributed by atoms with Gasteiger partial charge in [-0.3, -0.25) is 14.6 Å². The molecule has 2 aromatic carbocycles. The van der Waals surface area contributed by atoms with Crippen molar-refractivity contribution in [2.24, 2.45) is 10.7 Å². The number of hydrogen-bond donors (Lipinski definition) is 10. The number of ether oxygens (including phenoxy) is 3. The summed E-state index contributed by atoms with van der Waals surface area (Å²) >= 11 is 0. The number of rotatable bonds is 15. The quantitative estimate of drug-likeness (QED) is 0.0506. The van der Waals surface area contributed by atoms with Gasteiger partial charge in [-0.1, -0.05) is 6.07 Å². The highest BCUT2D eigenvalue weighted by atomic mass is 16.7. The molecular weight excluding hydrogens is 766 g/mol. The van der Waals surface area contributed by atoms with Gasteiger partial charge in [-0.2, -0.15) is 0 Å². The number of carbonyl (C=O) groups excluding carboxylic acids is 2. The molecule has 0 bridgehead atoms. The Morgan fingerprint density at radius 2 is 1.80 bits per heavy atom. The average molecular weight is 816 g/mol. The molecule has 18 heteroatoms. The van der Waals surface area contributed by atoms with E-state index in [0.29, 0.717) is 29.8 Å². The summed E-state index contributed by atoms with van der Waals surface area (Å²) in [5, 5.41) is 69.1. The number of aliphatic hydroxyl groups is 5. The smallest absolute Gasteiger partial charge is 0.229 e. The Bertz CT molecular complexity index is 2220. The van der Waals surface area contributed by atoms with Gasteiger partial charge in [-0.15, -0.1) is 0 Å². The number of anilines is 2. The van der Waals surface area contributed by atoms with Crippen molar-refractivity contribution in [1.29, 1.82) is 0 Å². The lowest BCUT2D eigenvalue weighted by Crippen LogP contribution is -2.68. The first-order valence-electron chi connectivity index (χ1n) is 18.9. The third kappa shape index (κ3) is 8.63. The van der Waals surface area contributed by atoms with Gasteiger partial charge >= 0.3 is 0 Å². The van der Waals surface area contributed by atoms with Crippen LogP contribution in [-0.4, -0.2) is 116 Å². The molecule has 18 nitrogen and oxygen atoms in total. The molecule has 2 aromatic heterocycles. The minimum Gasteiger partial charge on any atom is -0.507 e. The van der Waals surface area contributed by atoms with Crippen LogP contribution in [0.2, 0.25) is 0 Å². The summed E-state index contributed by atoms with van der Waals surface area (Å²) in [4.78, 5) is 41.2. The fourth-order valence-corrected chi connectivity index (χ4v) is 7.67. The van der Waals surface area contributed by atoms with Crippen LogP contribution in [0, 0.1) is 0 Å². The van der Waals surface area contributed by atoms with Gasteiger partial charge in [-0.05, 0) is 85.0 Å². The number of ketones is 2. The van der Waals surface area contributed by atoms with Gasteiger partial charge in [0.2, 0.25) is 12.1 Å². The van der Waals surface area contributed by atoms with Crippen molar-refractivity contribution in [2.45, 2.75) is 74.8 Å². The molecule has 1 aliphatic carbocycles. The van der Waals surface area contributed by atoms with Crippen molar-refractivity contribution in [3.63, 3.8) is 0 Å². The second-order valence-electron chi connectivity index (χ2n) is 14.5. The standard InChI is InChI=1S/C41H49N7O11/c1-45-40(44)48-18-27-23(13-21(4-3-11-49)22-5-6-30(42)47-17-22)14-25-33(35(27)52)36(53)32-26(34(25)51)15-24(57-2)16-28(32)58-39-37(54)38(55)41(56,29(19-50)59-39)9-7-20-8-10-46-31(43)12-20/h5-6,8,10,12,14-17,21,29,37-39,49-50,52,54-56H,3-4,7,9,11,13,18-19H2,1-2H3,(H2,42,47)(H2,43,46)(H3,44,45,48)/t21-,29+,37+,38+,39+,41+/m0/s1. The lowest BCUT2D eigenvalue weighted by Gasteiger charge is -2.47. The SMILES string of the molecule is CN=C(N)NCc1c(C[C@H](CCCO)c2ccc(N)nc2)cc2c(c1O)C(=O)c1c(O[C@@H]3O[C@H](CO)[C@](O)(CCc4ccnc(N)c4)[C@H](O)[C@H]3O)cc(OC)cc1C2=O. The summed E-state index contributed by atoms with van der Waals surface area (Å²) in [6.07, 6.45) is -2.79. The number of aliphatic imine (C=N–C) groups is 1. The Kier molecular flexibility index (Phi) is 13.0. The van der Waals surface area contributed by atoms with E-state index in [1.54, 1.807) is 30.5 Å². The van der Waals surface area contributed by atoms with Crippen molar-refractivity contribution in [3.05, 3.63) is 99.4 Å². The minimum atomic E-state index is -2.16. The number of carbonyl (C=O) groups is 2. The Balaban J connectivity index is 1.38. The van der Waals surface area contributed by atoms with Crippen LogP contribution in [0.4, 0.5) is 11.6 Å². The molecule has 59 heavy (non-hydrogen) atoms. The summed E-state index contributed by atoms with van der Waals surface area (Å²) in [7, 11) is 2.80. The number of nitrogens with two attached hydrogens (primary N) is 3. The highest BCUT2D eigenvalue weighted by molar-refractivity contribution is 6.30. The zero-order valence-electron chi connectivity index (χ0n) is 32.5. The monoisotopic (exact) mass is 815 g/mol. The van der Waals surface area contributed by atoms with Gasteiger partial charge < -0.3 is 67.4 Å². The van der Waals surface area contributed by atoms with Gasteiger partial charge in [0, 0.05) is 55.3 Å². The van der Waals surface area contributed by atoms with E-state index in [0.717, 1.165) is 5.56 Å². The lowest BCUT2D eigenvalue weighted by atomic mass is 9.78. The predicted molar refractivity (Wildman–Crippen MR) is 214 cm³/mol. The molecule has 13 N–H and O–H groups in total. The molecule has 0 radical (unpaired) electrons. The number of pyridine rings is 2. The topological polar surface area (TPSA) is 311 Å². The van der Waals surface area contributed by atoms with Crippen molar-refractivity contribution in [2.75, 3.05) is 38.8 Å². The van der Waals surface area contributed by atoms with Crippen molar-refractivity contribution >= 4 is 29.2 Å². The fourth-order valence-electron chi connectivity index (χ4n) is 7.67. The number of nitrogen functional groups attached to an aromatic ring is 2. The Labute approximate surface area is 339 Å². The summed E-state index contributed by atoms with van der Waals surface area (Å²) in [6, 6.07) is 10.9. The van der Waals surface area contributed by atoms with E-state index < -0.39 is 54.1 Å². The molecule has 3 heterocycles. The maximum atomic E-state index is 14.6. The summed E-state index contributed by atoms with van der Waals surface area (Å²) < 4.78 is 17.4. The van der Waals surface area contributed by atoms with Crippen molar-refractivity contribution < 1.29 is 54.4 Å². The number of aryl methyl sites for hydroxylation is 1. The predicted octanol–water partition coefficient (Wildman–Crippen LogP) is 0.445. The molecule has 314 valence electrons. The first-order valence-corrected chi connectivity index (χ1v) is 18.9. The van der Waals surface area contributed by atoms with Crippen LogP contribution in [0.5, 0.6) is 17.2 Å². The number of fused-ring (bicyclic) bond motifs is 2. The van der Waals surface area contributed by atoms with E-state index in [9.17, 15) is 40.2 Å². The molecule has 1 saturated heterocycles. The van der Waals surface area contributed by atoms with Crippen LogP contribution in [-0.2, 0) is 24.1 Å². The highest BCUT2D eigenvalue weighted by Crippen LogP contribution is 2.44. The maximum Gasteiger partial charge on any atom is 0.229 e. The highest BCUT2D eigenvalue weighted by Gasteiger charge is 2.55. The molecule has 1 aliphatic heterocycles. The zero-order chi connectivity index (χ0) is 42.6. The summed E-state index contributed by atoms with van der Waals surface area (Å²) in [5.41, 5.74) is 16.8. The van der Waals surface area contributed by atoms with Gasteiger partial charge in [0.25, 0.3) is 0 Å². The first-order chi connectivity index (χ1) is 28.2. The second kappa shape index (κ2) is 17.9. The van der Waals surface area contributed by atoms with Crippen LogP contribution in [0.25, 0.3) is 0 Å². The van der Waals surface area contributed by atoms with Gasteiger partial charge in [0.15, 0.2) is 11.7 Å². The van der Waals surface area contributed by atoms with E-state index >= 15 is 0 Å². The maximum absolute atomic E-state index is 14.6. The zero-order valence-corrected chi connectivity index (χ0v) is 32.5. The number of aromatic hydroxyl groups is 1. The van der Waals surface area contributed by atoms with Gasteiger partial charge in [-0.25, -0.2) is 9.97 Å². The molecule has 0 saturated carbocycles. The van der Waals surface area contributed by atoms with Crippen molar-refractivity contribution in [3.8, 4) is 17.2 Å². The van der Waals surface area contributed by atoms with E-state index in [1.807, 2.05) is 6.07 Å². The van der Waals surface area contributed by atoms with Crippen LogP contribution in [0.1, 0.15) is 79.3 Å². The minimum absolute atomic E-state index is 0.0477. The number of hydrogen-bond acceptors (Lipinski definition) is 16. The second-order valence-corrected chi connectivity index (χ2v) is 14.5. The average Bonchev–Trinajstić information content (AvgIpc) is 3.23. The van der Waals surface area contributed by atoms with Crippen LogP contribution >= 0.6 is 0 Å². The lowest BCUT2D eigenvalue weighted by molar-refractivity contribution is -0.314. The normalized spacial score (nSPS) is 22.1. The number of benzene rings is 2. The number of aliphatic hydroxyl groups excluding tert-OH is 4. The summed E-state index contributed by atoms with van der Waals surface area (Å²) in [5.74, 6) is -1.83.